The fourth-order valence-electron chi connectivity index (χ4n) is 0.731. The molecule has 0 aliphatic carbocycles. The Balaban J connectivity index is 3.36. The van der Waals surface area contributed by atoms with Crippen molar-refractivity contribution in [2.75, 3.05) is 0 Å². The molecular formula is C7H5BrFNO2. The molecule has 1 rings (SSSR count). The number of halogens is 2. The third-order valence-electron chi connectivity index (χ3n) is 1.33. The van der Waals surface area contributed by atoms with Crippen LogP contribution >= 0.6 is 15.9 Å². The molecule has 0 spiro atoms. The van der Waals surface area contributed by atoms with Crippen LogP contribution in [-0.2, 0) is 0 Å². The number of phenols is 1. The summed E-state index contributed by atoms with van der Waals surface area (Å²) in [5.41, 5.74) is 4.98. The van der Waals surface area contributed by atoms with Gasteiger partial charge in [0.1, 0.15) is 0 Å². The van der Waals surface area contributed by atoms with Gasteiger partial charge in [0.25, 0.3) is 0 Å². The van der Waals surface area contributed by atoms with Gasteiger partial charge in [-0.05, 0) is 28.1 Å². The van der Waals surface area contributed by atoms with Gasteiger partial charge in [0.05, 0.1) is 10.0 Å². The minimum atomic E-state index is -0.799. The maximum absolute atomic E-state index is 12.6. The van der Waals surface area contributed by atoms with Crippen LogP contribution in [0.2, 0.25) is 0 Å². The molecule has 0 aromatic heterocycles. The Morgan fingerprint density at radius 2 is 2.17 bits per heavy atom. The highest BCUT2D eigenvalue weighted by Crippen LogP contribution is 2.29. The van der Waals surface area contributed by atoms with E-state index in [0.717, 1.165) is 6.07 Å². The van der Waals surface area contributed by atoms with Gasteiger partial charge in [-0.1, -0.05) is 0 Å². The van der Waals surface area contributed by atoms with Crippen LogP contribution in [0.25, 0.3) is 0 Å². The van der Waals surface area contributed by atoms with Gasteiger partial charge in [0, 0.05) is 0 Å². The van der Waals surface area contributed by atoms with Crippen LogP contribution in [0.1, 0.15) is 10.4 Å². The summed E-state index contributed by atoms with van der Waals surface area (Å²) >= 11 is 2.84. The molecular weight excluding hydrogens is 229 g/mol. The molecule has 1 aromatic carbocycles. The molecule has 5 heteroatoms. The number of benzene rings is 1. The molecule has 3 nitrogen and oxygen atoms in total. The fraction of sp³-hybridized carbons (Fsp3) is 0. The quantitative estimate of drug-likeness (QED) is 0.771. The number of amides is 1. The molecule has 0 aliphatic heterocycles. The second-order valence-corrected chi connectivity index (χ2v) is 2.91. The van der Waals surface area contributed by atoms with Gasteiger partial charge in [-0.3, -0.25) is 4.79 Å². The van der Waals surface area contributed by atoms with Gasteiger partial charge < -0.3 is 10.8 Å². The lowest BCUT2D eigenvalue weighted by atomic mass is 10.2. The van der Waals surface area contributed by atoms with Crippen molar-refractivity contribution >= 4 is 21.8 Å². The highest BCUT2D eigenvalue weighted by molar-refractivity contribution is 9.10. The van der Waals surface area contributed by atoms with Crippen LogP contribution in [-0.4, -0.2) is 11.0 Å². The Hall–Kier alpha value is -1.10. The van der Waals surface area contributed by atoms with E-state index >= 15 is 0 Å². The van der Waals surface area contributed by atoms with Crippen LogP contribution in [0.4, 0.5) is 4.39 Å². The lowest BCUT2D eigenvalue weighted by Crippen LogP contribution is -2.11. The normalized spacial score (nSPS) is 9.83. The number of carbonyl (C=O) groups is 1. The van der Waals surface area contributed by atoms with Crippen molar-refractivity contribution in [3.63, 3.8) is 0 Å². The number of rotatable bonds is 1. The van der Waals surface area contributed by atoms with Crippen LogP contribution < -0.4 is 5.73 Å². The van der Waals surface area contributed by atoms with Gasteiger partial charge >= 0.3 is 0 Å². The highest BCUT2D eigenvalue weighted by Gasteiger charge is 2.13. The van der Waals surface area contributed by atoms with E-state index in [1.54, 1.807) is 0 Å². The molecule has 0 saturated carbocycles. The van der Waals surface area contributed by atoms with E-state index < -0.39 is 17.5 Å². The van der Waals surface area contributed by atoms with Crippen molar-refractivity contribution in [3.05, 3.63) is 28.0 Å². The SMILES string of the molecule is NC(=O)c1ccc(F)c(O)c1Br. The Morgan fingerprint density at radius 1 is 1.58 bits per heavy atom. The van der Waals surface area contributed by atoms with E-state index in [2.05, 4.69) is 15.9 Å². The van der Waals surface area contributed by atoms with Crippen LogP contribution in [0.5, 0.6) is 5.75 Å². The number of carbonyl (C=O) groups excluding carboxylic acids is 1. The molecule has 0 radical (unpaired) electrons. The van der Waals surface area contributed by atoms with E-state index in [9.17, 15) is 9.18 Å². The third kappa shape index (κ3) is 1.40. The van der Waals surface area contributed by atoms with Crippen LogP contribution in [0, 0.1) is 5.82 Å². The van der Waals surface area contributed by atoms with E-state index in [1.807, 2.05) is 0 Å². The number of phenolic OH excluding ortho intramolecular Hbond substituents is 1. The average molecular weight is 234 g/mol. The zero-order valence-electron chi connectivity index (χ0n) is 5.84. The number of aromatic hydroxyl groups is 1. The van der Waals surface area contributed by atoms with E-state index in [1.165, 1.54) is 6.07 Å². The molecule has 0 unspecified atom stereocenters. The first-order valence-electron chi connectivity index (χ1n) is 3.01. The Morgan fingerprint density at radius 3 is 2.67 bits per heavy atom. The largest absolute Gasteiger partial charge is 0.504 e. The van der Waals surface area contributed by atoms with Crippen molar-refractivity contribution in [2.24, 2.45) is 5.73 Å². The molecule has 0 atom stereocenters. The number of hydrogen-bond donors (Lipinski definition) is 2. The molecule has 0 aliphatic rings. The molecule has 0 heterocycles. The number of hydrogen-bond acceptors (Lipinski definition) is 2. The minimum absolute atomic E-state index is 0.0185. The summed E-state index contributed by atoms with van der Waals surface area (Å²) < 4.78 is 12.6. The fourth-order valence-corrected chi connectivity index (χ4v) is 1.25. The zero-order chi connectivity index (χ0) is 9.30. The Labute approximate surface area is 76.1 Å². The summed E-state index contributed by atoms with van der Waals surface area (Å²) in [6.45, 7) is 0. The summed E-state index contributed by atoms with van der Waals surface area (Å²) in [7, 11) is 0. The molecule has 3 N–H and O–H groups in total. The topological polar surface area (TPSA) is 63.3 Å². The zero-order valence-corrected chi connectivity index (χ0v) is 7.43. The van der Waals surface area contributed by atoms with Gasteiger partial charge in [-0.15, -0.1) is 0 Å². The van der Waals surface area contributed by atoms with Crippen LogP contribution in [0.15, 0.2) is 16.6 Å². The highest BCUT2D eigenvalue weighted by atomic mass is 79.9. The van der Waals surface area contributed by atoms with Crippen LogP contribution in [0.3, 0.4) is 0 Å². The molecule has 0 bridgehead atoms. The second-order valence-electron chi connectivity index (χ2n) is 2.12. The van der Waals surface area contributed by atoms with E-state index in [0.29, 0.717) is 0 Å². The molecule has 0 fully saturated rings. The summed E-state index contributed by atoms with van der Waals surface area (Å²) in [5.74, 6) is -2.13. The second kappa shape index (κ2) is 3.10. The standard InChI is InChI=1S/C7H5BrFNO2/c8-5-3(7(10)12)1-2-4(9)6(5)11/h1-2,11H,(H2,10,12). The minimum Gasteiger partial charge on any atom is -0.504 e. The average Bonchev–Trinajstić information content (AvgIpc) is 2.00. The lowest BCUT2D eigenvalue weighted by Gasteiger charge is -2.02. The Bertz CT molecular complexity index is 340. The van der Waals surface area contributed by atoms with Gasteiger partial charge in [-0.25, -0.2) is 4.39 Å². The van der Waals surface area contributed by atoms with E-state index in [-0.39, 0.29) is 10.0 Å². The maximum Gasteiger partial charge on any atom is 0.249 e. The first-order valence-corrected chi connectivity index (χ1v) is 3.80. The summed E-state index contributed by atoms with van der Waals surface area (Å²) in [6, 6.07) is 2.17. The van der Waals surface area contributed by atoms with Crippen molar-refractivity contribution in [3.8, 4) is 5.75 Å². The maximum atomic E-state index is 12.6. The molecule has 1 aromatic rings. The number of nitrogens with two attached hydrogens (primary N) is 1. The molecule has 1 amide bonds. The monoisotopic (exact) mass is 233 g/mol. The third-order valence-corrected chi connectivity index (χ3v) is 2.14. The van der Waals surface area contributed by atoms with Crippen molar-refractivity contribution in [1.82, 2.24) is 0 Å². The van der Waals surface area contributed by atoms with Gasteiger partial charge in [0.15, 0.2) is 11.6 Å². The molecule has 64 valence electrons. The predicted octanol–water partition coefficient (Wildman–Crippen LogP) is 1.39. The van der Waals surface area contributed by atoms with E-state index in [4.69, 9.17) is 10.8 Å². The lowest BCUT2D eigenvalue weighted by molar-refractivity contribution is 0.0999. The summed E-state index contributed by atoms with van der Waals surface area (Å²) in [4.78, 5) is 10.6. The number of primary amides is 1. The van der Waals surface area contributed by atoms with Crippen molar-refractivity contribution in [1.29, 1.82) is 0 Å². The summed E-state index contributed by atoms with van der Waals surface area (Å²) in [6.07, 6.45) is 0. The Kier molecular flexibility index (Phi) is 2.32. The first-order chi connectivity index (χ1) is 5.54. The summed E-state index contributed by atoms with van der Waals surface area (Å²) in [5, 5.41) is 9.01. The van der Waals surface area contributed by atoms with Crippen molar-refractivity contribution in [2.45, 2.75) is 0 Å². The van der Waals surface area contributed by atoms with Crippen molar-refractivity contribution < 1.29 is 14.3 Å². The van der Waals surface area contributed by atoms with Gasteiger partial charge in [-0.2, -0.15) is 0 Å². The predicted molar refractivity (Wildman–Crippen MR) is 44.3 cm³/mol. The molecule has 0 saturated heterocycles. The van der Waals surface area contributed by atoms with Gasteiger partial charge in [0.2, 0.25) is 5.91 Å². The first kappa shape index (κ1) is 8.99. The smallest absolute Gasteiger partial charge is 0.249 e. The molecule has 12 heavy (non-hydrogen) atoms.